The van der Waals surface area contributed by atoms with Crippen LogP contribution in [-0.2, 0) is 0 Å². The van der Waals surface area contributed by atoms with Gasteiger partial charge in [-0.2, -0.15) is 0 Å². The molecule has 1 aromatic heterocycles. The quantitative estimate of drug-likeness (QED) is 0.802. The first-order chi connectivity index (χ1) is 8.67. The van der Waals surface area contributed by atoms with Crippen molar-refractivity contribution in [3.05, 3.63) is 24.5 Å². The van der Waals surface area contributed by atoms with Gasteiger partial charge in [0.1, 0.15) is 0 Å². The largest absolute Gasteiger partial charge is 0.352 e. The molecule has 18 heavy (non-hydrogen) atoms. The van der Waals surface area contributed by atoms with Gasteiger partial charge in [-0.15, -0.1) is 6.58 Å². The average Bonchev–Trinajstić information content (AvgIpc) is 2.89. The van der Waals surface area contributed by atoms with Gasteiger partial charge in [0.2, 0.25) is 5.95 Å². The summed E-state index contributed by atoms with van der Waals surface area (Å²) >= 11 is 0. The van der Waals surface area contributed by atoms with Crippen LogP contribution >= 0.6 is 0 Å². The molecule has 1 aromatic rings. The van der Waals surface area contributed by atoms with Crippen molar-refractivity contribution in [2.24, 2.45) is 11.8 Å². The summed E-state index contributed by atoms with van der Waals surface area (Å²) in [5.41, 5.74) is 1.09. The van der Waals surface area contributed by atoms with Crippen LogP contribution in [0.3, 0.4) is 0 Å². The Labute approximate surface area is 110 Å². The third kappa shape index (κ3) is 2.45. The van der Waals surface area contributed by atoms with E-state index in [1.807, 2.05) is 6.08 Å². The maximum atomic E-state index is 4.58. The maximum Gasteiger partial charge on any atom is 0.203 e. The highest BCUT2D eigenvalue weighted by Crippen LogP contribution is 2.42. The van der Waals surface area contributed by atoms with Crippen molar-refractivity contribution in [1.29, 1.82) is 0 Å². The van der Waals surface area contributed by atoms with Gasteiger partial charge in [-0.25, -0.2) is 4.98 Å². The molecule has 0 spiro atoms. The molecule has 3 atom stereocenters. The Morgan fingerprint density at radius 2 is 2.33 bits per heavy atom. The van der Waals surface area contributed by atoms with Crippen LogP contribution in [0.25, 0.3) is 0 Å². The Hall–Kier alpha value is -1.25. The van der Waals surface area contributed by atoms with Gasteiger partial charge in [-0.05, 0) is 31.6 Å². The van der Waals surface area contributed by atoms with E-state index in [1.165, 1.54) is 19.3 Å². The van der Waals surface area contributed by atoms with Crippen LogP contribution < -0.4 is 5.32 Å². The Morgan fingerprint density at radius 1 is 1.56 bits per heavy atom. The fourth-order valence-electron chi connectivity index (χ4n) is 3.26. The number of hydrogen-bond donors (Lipinski definition) is 1. The zero-order valence-electron chi connectivity index (χ0n) is 11.8. The monoisotopic (exact) mass is 247 g/mol. The van der Waals surface area contributed by atoms with Crippen LogP contribution in [0, 0.1) is 18.8 Å². The highest BCUT2D eigenvalue weighted by molar-refractivity contribution is 5.30. The Morgan fingerprint density at radius 3 is 2.94 bits per heavy atom. The molecule has 1 aliphatic carbocycles. The van der Waals surface area contributed by atoms with Crippen molar-refractivity contribution in [2.45, 2.75) is 46.1 Å². The molecule has 1 N–H and O–H groups in total. The van der Waals surface area contributed by atoms with Crippen molar-refractivity contribution in [2.75, 3.05) is 11.9 Å². The molecule has 1 saturated carbocycles. The van der Waals surface area contributed by atoms with E-state index in [0.717, 1.165) is 30.0 Å². The van der Waals surface area contributed by atoms with Gasteiger partial charge in [0.05, 0.1) is 5.69 Å². The molecule has 0 saturated heterocycles. The average molecular weight is 247 g/mol. The van der Waals surface area contributed by atoms with Crippen LogP contribution in [0.2, 0.25) is 0 Å². The van der Waals surface area contributed by atoms with E-state index in [2.05, 4.69) is 48.4 Å². The number of anilines is 1. The van der Waals surface area contributed by atoms with Crippen molar-refractivity contribution in [3.8, 4) is 0 Å². The first kappa shape index (κ1) is 13.2. The molecule has 1 fully saturated rings. The summed E-state index contributed by atoms with van der Waals surface area (Å²) in [6.45, 7) is 11.3. The van der Waals surface area contributed by atoms with Crippen LogP contribution in [-0.4, -0.2) is 16.1 Å². The van der Waals surface area contributed by atoms with Crippen LogP contribution in [0.15, 0.2) is 18.9 Å². The molecule has 1 aliphatic rings. The molecule has 0 amide bonds. The standard InChI is InChI=1S/C15H25N3/c1-5-9-16-15-17-11(3)10-18(15)14-8-7-13(6-2)12(14)4/h5,10,12-14H,1,6-9H2,2-4H3,(H,16,17). The lowest BCUT2D eigenvalue weighted by atomic mass is 9.93. The number of nitrogens with one attached hydrogen (secondary N) is 1. The van der Waals surface area contributed by atoms with E-state index in [-0.39, 0.29) is 0 Å². The minimum Gasteiger partial charge on any atom is -0.352 e. The first-order valence-electron chi connectivity index (χ1n) is 7.07. The lowest BCUT2D eigenvalue weighted by Gasteiger charge is -2.22. The van der Waals surface area contributed by atoms with E-state index in [4.69, 9.17) is 0 Å². The zero-order chi connectivity index (χ0) is 13.1. The molecule has 3 nitrogen and oxygen atoms in total. The zero-order valence-corrected chi connectivity index (χ0v) is 11.8. The Kier molecular flexibility index (Phi) is 4.10. The molecule has 1 heterocycles. The van der Waals surface area contributed by atoms with Gasteiger partial charge in [0.15, 0.2) is 0 Å². The second-order valence-corrected chi connectivity index (χ2v) is 5.45. The summed E-state index contributed by atoms with van der Waals surface area (Å²) in [4.78, 5) is 4.58. The predicted octanol–water partition coefficient (Wildman–Crippen LogP) is 3.79. The summed E-state index contributed by atoms with van der Waals surface area (Å²) in [6, 6.07) is 0.600. The van der Waals surface area contributed by atoms with E-state index >= 15 is 0 Å². The highest BCUT2D eigenvalue weighted by atomic mass is 15.2. The third-order valence-corrected chi connectivity index (χ3v) is 4.32. The van der Waals surface area contributed by atoms with E-state index in [0.29, 0.717) is 6.04 Å². The summed E-state index contributed by atoms with van der Waals surface area (Å²) in [5.74, 6) is 2.61. The molecule has 0 bridgehead atoms. The van der Waals surface area contributed by atoms with Crippen molar-refractivity contribution >= 4 is 5.95 Å². The van der Waals surface area contributed by atoms with Crippen molar-refractivity contribution < 1.29 is 0 Å². The lowest BCUT2D eigenvalue weighted by molar-refractivity contribution is 0.331. The first-order valence-corrected chi connectivity index (χ1v) is 7.07. The number of imidazole rings is 1. The van der Waals surface area contributed by atoms with Crippen LogP contribution in [0.4, 0.5) is 5.95 Å². The molecule has 100 valence electrons. The Bertz CT molecular complexity index is 408. The fourth-order valence-corrected chi connectivity index (χ4v) is 3.26. The number of nitrogens with zero attached hydrogens (tertiary/aromatic N) is 2. The SMILES string of the molecule is C=CCNc1nc(C)cn1C1CCC(CC)C1C. The van der Waals surface area contributed by atoms with E-state index < -0.39 is 0 Å². The molecule has 0 radical (unpaired) electrons. The number of hydrogen-bond acceptors (Lipinski definition) is 2. The Balaban J connectivity index is 2.19. The summed E-state index contributed by atoms with van der Waals surface area (Å²) in [6.07, 6.45) is 7.98. The molecular weight excluding hydrogens is 222 g/mol. The topological polar surface area (TPSA) is 29.9 Å². The number of aromatic nitrogens is 2. The normalized spacial score (nSPS) is 27.4. The second kappa shape index (κ2) is 5.59. The summed E-state index contributed by atoms with van der Waals surface area (Å²) < 4.78 is 2.35. The van der Waals surface area contributed by atoms with Crippen LogP contribution in [0.1, 0.15) is 44.8 Å². The minimum absolute atomic E-state index is 0.600. The highest BCUT2D eigenvalue weighted by Gasteiger charge is 2.33. The van der Waals surface area contributed by atoms with Gasteiger partial charge in [-0.1, -0.05) is 26.3 Å². The van der Waals surface area contributed by atoms with E-state index in [9.17, 15) is 0 Å². The smallest absolute Gasteiger partial charge is 0.203 e. The van der Waals surface area contributed by atoms with Crippen molar-refractivity contribution in [1.82, 2.24) is 9.55 Å². The number of aryl methyl sites for hydroxylation is 1. The second-order valence-electron chi connectivity index (χ2n) is 5.45. The molecule has 2 rings (SSSR count). The molecule has 3 heteroatoms. The molecule has 0 aromatic carbocycles. The van der Waals surface area contributed by atoms with Crippen LogP contribution in [0.5, 0.6) is 0 Å². The van der Waals surface area contributed by atoms with Gasteiger partial charge < -0.3 is 9.88 Å². The summed E-state index contributed by atoms with van der Waals surface area (Å²) in [7, 11) is 0. The van der Waals surface area contributed by atoms with Gasteiger partial charge in [0, 0.05) is 18.8 Å². The van der Waals surface area contributed by atoms with Gasteiger partial charge in [0.25, 0.3) is 0 Å². The maximum absolute atomic E-state index is 4.58. The third-order valence-electron chi connectivity index (χ3n) is 4.32. The minimum atomic E-state index is 0.600. The number of rotatable bonds is 5. The van der Waals surface area contributed by atoms with Gasteiger partial charge >= 0.3 is 0 Å². The van der Waals surface area contributed by atoms with E-state index in [1.54, 1.807) is 0 Å². The summed E-state index contributed by atoms with van der Waals surface area (Å²) in [5, 5.41) is 3.35. The molecule has 3 unspecified atom stereocenters. The van der Waals surface area contributed by atoms with Gasteiger partial charge in [-0.3, -0.25) is 0 Å². The van der Waals surface area contributed by atoms with Crippen molar-refractivity contribution in [3.63, 3.8) is 0 Å². The fraction of sp³-hybridized carbons (Fsp3) is 0.667. The predicted molar refractivity (Wildman–Crippen MR) is 76.9 cm³/mol. The molecule has 0 aliphatic heterocycles. The lowest BCUT2D eigenvalue weighted by Crippen LogP contribution is -2.17. The molecular formula is C15H25N3.